The number of thioether (sulfide) groups is 1. The minimum atomic E-state index is -0.235. The lowest BCUT2D eigenvalue weighted by molar-refractivity contribution is 0.0746. The lowest BCUT2D eigenvalue weighted by atomic mass is 10.1. The summed E-state index contributed by atoms with van der Waals surface area (Å²) in [5, 5.41) is 7.47. The normalized spacial score (nSPS) is 16.0. The summed E-state index contributed by atoms with van der Waals surface area (Å²) in [6.45, 7) is 8.38. The van der Waals surface area contributed by atoms with Gasteiger partial charge in [0.25, 0.3) is 11.8 Å². The van der Waals surface area contributed by atoms with E-state index in [4.69, 9.17) is 4.52 Å². The molecule has 3 aromatic rings. The van der Waals surface area contributed by atoms with E-state index in [9.17, 15) is 9.59 Å². The second-order valence-electron chi connectivity index (χ2n) is 7.51. The first-order chi connectivity index (χ1) is 14.8. The molecular weight excluding hydrogens is 432 g/mol. The Morgan fingerprint density at radius 1 is 1.26 bits per heavy atom. The zero-order valence-electron chi connectivity index (χ0n) is 17.9. The van der Waals surface area contributed by atoms with E-state index in [0.717, 1.165) is 26.8 Å². The second kappa shape index (κ2) is 8.84. The molecule has 0 aliphatic carbocycles. The van der Waals surface area contributed by atoms with Crippen LogP contribution < -0.4 is 5.32 Å². The molecule has 0 radical (unpaired) electrons. The summed E-state index contributed by atoms with van der Waals surface area (Å²) < 4.78 is 5.08. The minimum absolute atomic E-state index is 0.0950. The maximum atomic E-state index is 13.5. The van der Waals surface area contributed by atoms with E-state index >= 15 is 0 Å². The number of aryl methyl sites for hydroxylation is 4. The molecule has 1 saturated heterocycles. The van der Waals surface area contributed by atoms with Gasteiger partial charge in [-0.1, -0.05) is 35.0 Å². The van der Waals surface area contributed by atoms with Gasteiger partial charge in [0, 0.05) is 18.8 Å². The zero-order chi connectivity index (χ0) is 22.1. The molecule has 1 unspecified atom stereocenters. The van der Waals surface area contributed by atoms with Crippen LogP contribution >= 0.6 is 23.1 Å². The third kappa shape index (κ3) is 4.38. The van der Waals surface area contributed by atoms with E-state index in [1.165, 1.54) is 11.3 Å². The zero-order valence-corrected chi connectivity index (χ0v) is 19.5. The van der Waals surface area contributed by atoms with Gasteiger partial charge in [-0.15, -0.1) is 23.1 Å². The number of carbonyl (C=O) groups is 2. The third-order valence-electron chi connectivity index (χ3n) is 5.17. The second-order valence-corrected chi connectivity index (χ2v) is 10.0. The molecule has 3 heterocycles. The number of benzene rings is 1. The Morgan fingerprint density at radius 3 is 2.77 bits per heavy atom. The summed E-state index contributed by atoms with van der Waals surface area (Å²) >= 11 is 3.19. The summed E-state index contributed by atoms with van der Waals surface area (Å²) in [6.07, 6.45) is 0. The molecule has 1 atom stereocenters. The molecule has 1 fully saturated rings. The highest BCUT2D eigenvalue weighted by Crippen LogP contribution is 2.33. The molecule has 0 spiro atoms. The third-order valence-corrected chi connectivity index (χ3v) is 7.41. The van der Waals surface area contributed by atoms with Crippen LogP contribution in [-0.4, -0.2) is 51.1 Å². The Bertz CT molecular complexity index is 1120. The highest BCUT2D eigenvalue weighted by Gasteiger charge is 2.33. The highest BCUT2D eigenvalue weighted by molar-refractivity contribution is 8.00. The van der Waals surface area contributed by atoms with Gasteiger partial charge in [-0.05, 0) is 33.3 Å². The van der Waals surface area contributed by atoms with Crippen molar-refractivity contribution in [1.82, 2.24) is 20.4 Å². The van der Waals surface area contributed by atoms with Crippen LogP contribution in [0.25, 0.3) is 10.4 Å². The first-order valence-corrected chi connectivity index (χ1v) is 11.9. The number of hydrogen-bond donors (Lipinski definition) is 1. The molecule has 1 N–H and O–H groups in total. The molecule has 31 heavy (non-hydrogen) atoms. The maximum Gasteiger partial charge on any atom is 0.274 e. The van der Waals surface area contributed by atoms with Crippen LogP contribution in [0.2, 0.25) is 0 Å². The van der Waals surface area contributed by atoms with E-state index < -0.39 is 0 Å². The summed E-state index contributed by atoms with van der Waals surface area (Å²) in [4.78, 5) is 33.3. The topological polar surface area (TPSA) is 88.3 Å². The fourth-order valence-electron chi connectivity index (χ4n) is 3.69. The van der Waals surface area contributed by atoms with Crippen molar-refractivity contribution in [3.05, 3.63) is 57.5 Å². The van der Waals surface area contributed by atoms with Crippen LogP contribution in [0.3, 0.4) is 0 Å². The molecule has 1 aromatic carbocycles. The molecule has 1 aliphatic rings. The van der Waals surface area contributed by atoms with Crippen LogP contribution in [0.4, 0.5) is 0 Å². The van der Waals surface area contributed by atoms with Crippen LogP contribution in [0.5, 0.6) is 0 Å². The predicted molar refractivity (Wildman–Crippen MR) is 123 cm³/mol. The molecule has 0 bridgehead atoms. The van der Waals surface area contributed by atoms with E-state index in [1.54, 1.807) is 25.6 Å². The van der Waals surface area contributed by atoms with Crippen molar-refractivity contribution < 1.29 is 14.1 Å². The van der Waals surface area contributed by atoms with Gasteiger partial charge < -0.3 is 14.7 Å². The molecule has 1 aliphatic heterocycles. The molecular formula is C22H24N4O3S2. The van der Waals surface area contributed by atoms with Crippen molar-refractivity contribution in [2.24, 2.45) is 0 Å². The molecule has 7 nitrogen and oxygen atoms in total. The molecule has 2 amide bonds. The van der Waals surface area contributed by atoms with Gasteiger partial charge in [-0.3, -0.25) is 9.59 Å². The Balaban J connectivity index is 1.52. The number of rotatable bonds is 5. The van der Waals surface area contributed by atoms with E-state index in [1.807, 2.05) is 36.9 Å². The van der Waals surface area contributed by atoms with Gasteiger partial charge in [-0.2, -0.15) is 0 Å². The van der Waals surface area contributed by atoms with Crippen molar-refractivity contribution in [2.45, 2.75) is 33.1 Å². The first-order valence-electron chi connectivity index (χ1n) is 10.0. The fourth-order valence-corrected chi connectivity index (χ4v) is 5.75. The van der Waals surface area contributed by atoms with Crippen molar-refractivity contribution in [3.8, 4) is 10.4 Å². The van der Waals surface area contributed by atoms with E-state index in [-0.39, 0.29) is 17.2 Å². The molecule has 9 heteroatoms. The Morgan fingerprint density at radius 2 is 2.06 bits per heavy atom. The van der Waals surface area contributed by atoms with Crippen molar-refractivity contribution >= 4 is 34.9 Å². The standard InChI is InChI=1S/C22H24N4O3S2/c1-12-6-5-7-16(10-12)20-19(24-15(4)31-20)22(28)26-8-9-30-17(26)11-23-21(27)18-13(2)25-29-14(18)3/h5-7,10,17H,8-9,11H2,1-4H3,(H,23,27). The first kappa shape index (κ1) is 21.6. The van der Waals surface area contributed by atoms with Gasteiger partial charge in [0.2, 0.25) is 0 Å². The SMILES string of the molecule is Cc1cccc(-c2sc(C)nc2C(=O)N2CCSC2CNC(=O)c2c(C)noc2C)c1. The van der Waals surface area contributed by atoms with Gasteiger partial charge in [0.05, 0.1) is 21.0 Å². The number of aromatic nitrogens is 2. The average molecular weight is 457 g/mol. The monoisotopic (exact) mass is 456 g/mol. The number of hydrogen-bond acceptors (Lipinski definition) is 7. The van der Waals surface area contributed by atoms with Gasteiger partial charge in [0.1, 0.15) is 17.0 Å². The van der Waals surface area contributed by atoms with Gasteiger partial charge in [-0.25, -0.2) is 4.98 Å². The van der Waals surface area contributed by atoms with Crippen LogP contribution in [0, 0.1) is 27.7 Å². The number of nitrogens with one attached hydrogen (secondary N) is 1. The smallest absolute Gasteiger partial charge is 0.274 e. The lowest BCUT2D eigenvalue weighted by Crippen LogP contribution is -2.42. The summed E-state index contributed by atoms with van der Waals surface area (Å²) in [5.74, 6) is 0.979. The maximum absolute atomic E-state index is 13.5. The number of carbonyl (C=O) groups excluding carboxylic acids is 2. The fraction of sp³-hybridized carbons (Fsp3) is 0.364. The van der Waals surface area contributed by atoms with Gasteiger partial charge in [0.15, 0.2) is 0 Å². The average Bonchev–Trinajstić information content (AvgIpc) is 3.44. The van der Waals surface area contributed by atoms with Crippen LogP contribution in [0.1, 0.15) is 42.9 Å². The van der Waals surface area contributed by atoms with E-state index in [0.29, 0.717) is 35.8 Å². The van der Waals surface area contributed by atoms with Gasteiger partial charge >= 0.3 is 0 Å². The quantitative estimate of drug-likeness (QED) is 0.625. The molecule has 162 valence electrons. The molecule has 0 saturated carbocycles. The Hall–Kier alpha value is -2.65. The van der Waals surface area contributed by atoms with Crippen LogP contribution in [-0.2, 0) is 0 Å². The van der Waals surface area contributed by atoms with Crippen molar-refractivity contribution in [2.75, 3.05) is 18.8 Å². The predicted octanol–water partition coefficient (Wildman–Crippen LogP) is 3.98. The van der Waals surface area contributed by atoms with Crippen molar-refractivity contribution in [1.29, 1.82) is 0 Å². The Labute approximate surface area is 189 Å². The summed E-state index contributed by atoms with van der Waals surface area (Å²) in [6, 6.07) is 8.11. The summed E-state index contributed by atoms with van der Waals surface area (Å²) in [5.41, 5.74) is 3.64. The van der Waals surface area contributed by atoms with E-state index in [2.05, 4.69) is 21.5 Å². The molecule has 2 aromatic heterocycles. The largest absolute Gasteiger partial charge is 0.361 e. The number of thiazole rings is 1. The summed E-state index contributed by atoms with van der Waals surface area (Å²) in [7, 11) is 0. The molecule has 4 rings (SSSR count). The van der Waals surface area contributed by atoms with Crippen molar-refractivity contribution in [3.63, 3.8) is 0 Å². The Kier molecular flexibility index (Phi) is 6.15. The number of nitrogens with zero attached hydrogens (tertiary/aromatic N) is 3. The highest BCUT2D eigenvalue weighted by atomic mass is 32.2. The van der Waals surface area contributed by atoms with Crippen LogP contribution in [0.15, 0.2) is 28.8 Å². The number of amides is 2. The minimum Gasteiger partial charge on any atom is -0.361 e. The lowest BCUT2D eigenvalue weighted by Gasteiger charge is -2.23.